The molecule has 3 atom stereocenters. The molecule has 1 aromatic carbocycles. The fourth-order valence-corrected chi connectivity index (χ4v) is 5.77. The van der Waals surface area contributed by atoms with Crippen molar-refractivity contribution >= 4 is 23.3 Å². The Morgan fingerprint density at radius 1 is 1.25 bits per heavy atom. The number of carbonyl (C=O) groups excluding carboxylic acids is 1. The van der Waals surface area contributed by atoms with Crippen LogP contribution in [0.4, 0.5) is 10.2 Å². The summed E-state index contributed by atoms with van der Waals surface area (Å²) in [6, 6.07) is 4.78. The molecule has 2 unspecified atom stereocenters. The predicted molar refractivity (Wildman–Crippen MR) is 135 cm³/mol. The molecule has 1 aliphatic carbocycles. The molecule has 2 aromatic rings. The number of amides is 1. The first-order valence-electron chi connectivity index (χ1n) is 12.7. The smallest absolute Gasteiger partial charge is 0.231 e. The number of aromatic nitrogens is 2. The van der Waals surface area contributed by atoms with Crippen LogP contribution in [0.2, 0.25) is 5.02 Å². The number of piperazine rings is 1. The minimum Gasteiger partial charge on any atom is -0.387 e. The Morgan fingerprint density at radius 3 is 2.72 bits per heavy atom. The Bertz CT molecular complexity index is 1090. The minimum absolute atomic E-state index is 0.0906. The highest BCUT2D eigenvalue weighted by atomic mass is 35.5. The molecular weight excluding hydrogens is 485 g/mol. The van der Waals surface area contributed by atoms with Crippen LogP contribution in [0.25, 0.3) is 0 Å². The molecule has 3 aliphatic rings. The van der Waals surface area contributed by atoms with Crippen LogP contribution in [-0.4, -0.2) is 77.9 Å². The lowest BCUT2D eigenvalue weighted by Crippen LogP contribution is -2.52. The molecule has 0 bridgehead atoms. The van der Waals surface area contributed by atoms with Crippen molar-refractivity contribution in [2.24, 2.45) is 0 Å². The maximum atomic E-state index is 14.9. The first kappa shape index (κ1) is 25.3. The summed E-state index contributed by atoms with van der Waals surface area (Å²) >= 11 is 5.99. The van der Waals surface area contributed by atoms with Crippen molar-refractivity contribution in [1.82, 2.24) is 20.2 Å². The number of hydrogen-bond donors (Lipinski definition) is 2. The molecule has 2 aliphatic heterocycles. The standard InChI is InChI=1S/C26H33ClFN5O3/c1-16-12-22(34)24-23(16)25(31-15-30-24)32-6-8-33(9-7-32)26(35)20(14-29-18-4-10-36-11-5-18)19-3-2-17(27)13-21(19)28/h2-3,13,15-16,18,20,22,29,34H,4-12,14H2,1H3/t16?,20-,22?/m1/s1. The van der Waals surface area contributed by atoms with Crippen LogP contribution in [0.15, 0.2) is 24.5 Å². The molecule has 2 N–H and O–H groups in total. The van der Waals surface area contributed by atoms with Gasteiger partial charge in [-0.15, -0.1) is 0 Å². The molecule has 5 rings (SSSR count). The van der Waals surface area contributed by atoms with E-state index in [1.165, 1.54) is 12.4 Å². The number of anilines is 1. The quantitative estimate of drug-likeness (QED) is 0.608. The zero-order chi connectivity index (χ0) is 25.2. The third-order valence-corrected chi connectivity index (χ3v) is 7.87. The van der Waals surface area contributed by atoms with Gasteiger partial charge in [0.1, 0.15) is 18.0 Å². The molecule has 0 spiro atoms. The molecule has 194 valence electrons. The second-order valence-electron chi connectivity index (χ2n) is 9.97. The fraction of sp³-hybridized carbons (Fsp3) is 0.577. The number of fused-ring (bicyclic) bond motifs is 1. The molecule has 36 heavy (non-hydrogen) atoms. The molecule has 2 fully saturated rings. The van der Waals surface area contributed by atoms with Gasteiger partial charge in [0.05, 0.1) is 17.7 Å². The van der Waals surface area contributed by atoms with Crippen molar-refractivity contribution in [2.45, 2.75) is 50.2 Å². The van der Waals surface area contributed by atoms with Gasteiger partial charge in [-0.2, -0.15) is 0 Å². The molecule has 3 heterocycles. The van der Waals surface area contributed by atoms with Gasteiger partial charge in [-0.3, -0.25) is 4.79 Å². The number of aliphatic hydroxyl groups excluding tert-OH is 1. The first-order chi connectivity index (χ1) is 17.4. The predicted octanol–water partition coefficient (Wildman–Crippen LogP) is 3.01. The average Bonchev–Trinajstić information content (AvgIpc) is 3.19. The van der Waals surface area contributed by atoms with E-state index in [0.717, 1.165) is 24.2 Å². The van der Waals surface area contributed by atoms with Crippen molar-refractivity contribution in [1.29, 1.82) is 0 Å². The van der Waals surface area contributed by atoms with Gasteiger partial charge in [0, 0.05) is 68.1 Å². The number of benzene rings is 1. The topological polar surface area (TPSA) is 90.8 Å². The van der Waals surface area contributed by atoms with Gasteiger partial charge in [0.2, 0.25) is 5.91 Å². The number of halogens is 2. The fourth-order valence-electron chi connectivity index (χ4n) is 5.61. The first-order valence-corrected chi connectivity index (χ1v) is 13.1. The molecule has 10 heteroatoms. The van der Waals surface area contributed by atoms with Crippen LogP contribution in [0.5, 0.6) is 0 Å². The summed E-state index contributed by atoms with van der Waals surface area (Å²) < 4.78 is 20.4. The molecule has 0 saturated carbocycles. The van der Waals surface area contributed by atoms with E-state index in [1.54, 1.807) is 12.1 Å². The number of hydrogen-bond acceptors (Lipinski definition) is 7. The SMILES string of the molecule is CC1CC(O)c2ncnc(N3CCN(C(=O)[C@H](CNC4CCOCC4)c4ccc(Cl)cc4F)CC3)c21. The molecule has 1 amide bonds. The second-order valence-corrected chi connectivity index (χ2v) is 10.4. The molecule has 0 radical (unpaired) electrons. The molecule has 1 aromatic heterocycles. The maximum absolute atomic E-state index is 14.9. The van der Waals surface area contributed by atoms with E-state index in [1.807, 2.05) is 4.90 Å². The van der Waals surface area contributed by atoms with E-state index in [4.69, 9.17) is 16.3 Å². The second kappa shape index (κ2) is 11.0. The van der Waals surface area contributed by atoms with Crippen molar-refractivity contribution < 1.29 is 19.0 Å². The van der Waals surface area contributed by atoms with Gasteiger partial charge in [0.25, 0.3) is 0 Å². The maximum Gasteiger partial charge on any atom is 0.231 e. The Labute approximate surface area is 215 Å². The van der Waals surface area contributed by atoms with E-state index in [-0.39, 0.29) is 17.9 Å². The summed E-state index contributed by atoms with van der Waals surface area (Å²) in [6.45, 7) is 6.07. The highest BCUT2D eigenvalue weighted by molar-refractivity contribution is 6.30. The monoisotopic (exact) mass is 517 g/mol. The molecule has 8 nitrogen and oxygen atoms in total. The van der Waals surface area contributed by atoms with Crippen LogP contribution in [0.3, 0.4) is 0 Å². The summed E-state index contributed by atoms with van der Waals surface area (Å²) in [7, 11) is 0. The minimum atomic E-state index is -0.643. The van der Waals surface area contributed by atoms with Crippen LogP contribution >= 0.6 is 11.6 Å². The zero-order valence-corrected chi connectivity index (χ0v) is 21.3. The Morgan fingerprint density at radius 2 is 2.00 bits per heavy atom. The number of rotatable bonds is 6. The van der Waals surface area contributed by atoms with Crippen LogP contribution in [0.1, 0.15) is 60.9 Å². The molecular formula is C26H33ClFN5O3. The lowest BCUT2D eigenvalue weighted by atomic mass is 9.95. The Hall–Kier alpha value is -2.33. The third-order valence-electron chi connectivity index (χ3n) is 7.64. The lowest BCUT2D eigenvalue weighted by molar-refractivity contribution is -0.133. The van der Waals surface area contributed by atoms with E-state index in [2.05, 4.69) is 27.1 Å². The summed E-state index contributed by atoms with van der Waals surface area (Å²) in [6.07, 6.45) is 3.35. The van der Waals surface area contributed by atoms with Gasteiger partial charge >= 0.3 is 0 Å². The number of aliphatic hydroxyl groups is 1. The number of nitrogens with one attached hydrogen (secondary N) is 1. The van der Waals surface area contributed by atoms with Gasteiger partial charge in [-0.25, -0.2) is 14.4 Å². The summed E-state index contributed by atoms with van der Waals surface area (Å²) in [4.78, 5) is 26.5. The average molecular weight is 518 g/mol. The van der Waals surface area contributed by atoms with E-state index < -0.39 is 17.8 Å². The third kappa shape index (κ3) is 5.20. The van der Waals surface area contributed by atoms with Crippen molar-refractivity contribution in [3.63, 3.8) is 0 Å². The Kier molecular flexibility index (Phi) is 7.71. The van der Waals surface area contributed by atoms with Crippen LogP contribution in [-0.2, 0) is 9.53 Å². The van der Waals surface area contributed by atoms with Gasteiger partial charge in [0.15, 0.2) is 0 Å². The Balaban J connectivity index is 1.30. The van der Waals surface area contributed by atoms with Crippen LogP contribution < -0.4 is 10.2 Å². The summed E-state index contributed by atoms with van der Waals surface area (Å²) in [5.41, 5.74) is 2.08. The van der Waals surface area contributed by atoms with E-state index in [9.17, 15) is 14.3 Å². The highest BCUT2D eigenvalue weighted by Gasteiger charge is 2.35. The highest BCUT2D eigenvalue weighted by Crippen LogP contribution is 2.42. The van der Waals surface area contributed by atoms with E-state index in [0.29, 0.717) is 68.6 Å². The molecule has 2 saturated heterocycles. The largest absolute Gasteiger partial charge is 0.387 e. The lowest BCUT2D eigenvalue weighted by Gasteiger charge is -2.38. The van der Waals surface area contributed by atoms with Crippen molar-refractivity contribution in [2.75, 3.05) is 50.8 Å². The number of carbonyl (C=O) groups is 1. The van der Waals surface area contributed by atoms with Crippen LogP contribution in [0, 0.1) is 5.82 Å². The van der Waals surface area contributed by atoms with Gasteiger partial charge < -0.3 is 25.0 Å². The van der Waals surface area contributed by atoms with Gasteiger partial charge in [-0.05, 0) is 37.3 Å². The number of nitrogens with zero attached hydrogens (tertiary/aromatic N) is 4. The van der Waals surface area contributed by atoms with Crippen molar-refractivity contribution in [3.05, 3.63) is 52.2 Å². The summed E-state index contributed by atoms with van der Waals surface area (Å²) in [5, 5.41) is 14.1. The zero-order valence-electron chi connectivity index (χ0n) is 20.5. The number of ether oxygens (including phenoxy) is 1. The summed E-state index contributed by atoms with van der Waals surface area (Å²) in [5.74, 6) is -0.170. The van der Waals surface area contributed by atoms with E-state index >= 15 is 0 Å². The van der Waals surface area contributed by atoms with Gasteiger partial charge in [-0.1, -0.05) is 24.6 Å². The van der Waals surface area contributed by atoms with Crippen molar-refractivity contribution in [3.8, 4) is 0 Å². The normalized spacial score (nSPS) is 23.6.